The molecule has 0 unspecified atom stereocenters. The predicted octanol–water partition coefficient (Wildman–Crippen LogP) is 3.02. The van der Waals surface area contributed by atoms with E-state index in [1.54, 1.807) is 0 Å². The van der Waals surface area contributed by atoms with Crippen LogP contribution < -0.4 is 0 Å². The van der Waals surface area contributed by atoms with Crippen LogP contribution in [0.15, 0.2) is 12.2 Å². The molecule has 0 radical (unpaired) electrons. The normalized spacial score (nSPS) is 15.7. The molecule has 0 saturated heterocycles. The summed E-state index contributed by atoms with van der Waals surface area (Å²) in [5.74, 6) is -0.830. The summed E-state index contributed by atoms with van der Waals surface area (Å²) in [6.07, 6.45) is 9.56. The minimum atomic E-state index is -0.959. The lowest BCUT2D eigenvalue weighted by Crippen LogP contribution is -2.24. The Balaban J connectivity index is 3.74. The smallest absolute Gasteiger partial charge is 0.303 e. The number of hydrogen-bond acceptors (Lipinski definition) is 4. The van der Waals surface area contributed by atoms with Crippen molar-refractivity contribution >= 4 is 5.97 Å². The van der Waals surface area contributed by atoms with Crippen LogP contribution in [0.25, 0.3) is 0 Å². The fraction of sp³-hybridized carbons (Fsp3) is 0.833. The molecule has 5 heteroatoms. The van der Waals surface area contributed by atoms with E-state index in [1.165, 1.54) is 37.8 Å². The van der Waals surface area contributed by atoms with Crippen LogP contribution in [0.5, 0.6) is 0 Å². The molecular formula is C18H34O5. The number of aliphatic hydroxyl groups is 3. The van der Waals surface area contributed by atoms with E-state index in [-0.39, 0.29) is 6.42 Å². The lowest BCUT2D eigenvalue weighted by atomic mass is 10.0. The van der Waals surface area contributed by atoms with E-state index in [9.17, 15) is 20.1 Å². The molecule has 0 aliphatic heterocycles. The molecule has 0 rings (SSSR count). The summed E-state index contributed by atoms with van der Waals surface area (Å²) in [5, 5.41) is 37.9. The Labute approximate surface area is 140 Å². The standard InChI is InChI=1S/C18H34O5/c1-2-3-4-5-6-7-11-16(20)17(21)14-13-15(19)10-8-9-12-18(22)23/h13-17,19-21H,2-12H2,1H3,(H,22,23)/b14-13-/t15-,16-,17-/m0/s1. The van der Waals surface area contributed by atoms with Crippen LogP contribution in [0.4, 0.5) is 0 Å². The van der Waals surface area contributed by atoms with Crippen molar-refractivity contribution in [2.75, 3.05) is 0 Å². The summed E-state index contributed by atoms with van der Waals surface area (Å²) in [5.41, 5.74) is 0. The molecule has 136 valence electrons. The first kappa shape index (κ1) is 22.1. The van der Waals surface area contributed by atoms with Crippen LogP contribution in [0.1, 0.15) is 77.6 Å². The van der Waals surface area contributed by atoms with Crippen LogP contribution >= 0.6 is 0 Å². The zero-order valence-electron chi connectivity index (χ0n) is 14.4. The highest BCUT2D eigenvalue weighted by molar-refractivity contribution is 5.66. The van der Waals surface area contributed by atoms with Gasteiger partial charge in [0, 0.05) is 6.42 Å². The summed E-state index contributed by atoms with van der Waals surface area (Å²) in [6.45, 7) is 2.17. The first-order chi connectivity index (χ1) is 11.0. The van der Waals surface area contributed by atoms with Gasteiger partial charge in [-0.3, -0.25) is 4.79 Å². The SMILES string of the molecule is CCCCCCCC[C@H](O)[C@@H](O)/C=C\[C@@H](O)CCCCC(=O)O. The highest BCUT2D eigenvalue weighted by Crippen LogP contribution is 2.12. The fourth-order valence-electron chi connectivity index (χ4n) is 2.40. The second kappa shape index (κ2) is 14.7. The number of carboxylic acid groups (broad SMARTS) is 1. The van der Waals surface area contributed by atoms with Gasteiger partial charge in [-0.1, -0.05) is 57.6 Å². The molecule has 0 aliphatic carbocycles. The highest BCUT2D eigenvalue weighted by Gasteiger charge is 2.13. The summed E-state index contributed by atoms with van der Waals surface area (Å²) in [7, 11) is 0. The Bertz CT molecular complexity index is 317. The van der Waals surface area contributed by atoms with Crippen molar-refractivity contribution in [1.82, 2.24) is 0 Å². The summed E-state index contributed by atoms with van der Waals surface area (Å²) >= 11 is 0. The van der Waals surface area contributed by atoms with Crippen LogP contribution in [0.3, 0.4) is 0 Å². The maximum atomic E-state index is 10.4. The topological polar surface area (TPSA) is 98.0 Å². The van der Waals surface area contributed by atoms with Gasteiger partial charge in [0.05, 0.1) is 18.3 Å². The summed E-state index contributed by atoms with van der Waals surface area (Å²) < 4.78 is 0. The third-order valence-corrected chi connectivity index (χ3v) is 3.92. The largest absolute Gasteiger partial charge is 0.481 e. The molecule has 5 nitrogen and oxygen atoms in total. The number of aliphatic carboxylic acids is 1. The van der Waals surface area contributed by atoms with Gasteiger partial charge in [-0.2, -0.15) is 0 Å². The van der Waals surface area contributed by atoms with Gasteiger partial charge in [-0.25, -0.2) is 0 Å². The zero-order chi connectivity index (χ0) is 17.5. The van der Waals surface area contributed by atoms with Gasteiger partial charge in [0.1, 0.15) is 0 Å². The molecule has 0 spiro atoms. The van der Waals surface area contributed by atoms with Crippen molar-refractivity contribution in [2.24, 2.45) is 0 Å². The molecule has 0 aromatic heterocycles. The highest BCUT2D eigenvalue weighted by atomic mass is 16.4. The van der Waals surface area contributed by atoms with Crippen molar-refractivity contribution in [1.29, 1.82) is 0 Å². The van der Waals surface area contributed by atoms with E-state index >= 15 is 0 Å². The van der Waals surface area contributed by atoms with E-state index in [0.29, 0.717) is 25.7 Å². The Hall–Kier alpha value is -0.910. The number of carboxylic acids is 1. The van der Waals surface area contributed by atoms with Crippen molar-refractivity contribution in [3.63, 3.8) is 0 Å². The third kappa shape index (κ3) is 14.4. The molecule has 4 N–H and O–H groups in total. The van der Waals surface area contributed by atoms with E-state index < -0.39 is 24.3 Å². The minimum absolute atomic E-state index is 0.107. The minimum Gasteiger partial charge on any atom is -0.481 e. The van der Waals surface area contributed by atoms with Crippen LogP contribution in [-0.2, 0) is 4.79 Å². The van der Waals surface area contributed by atoms with Crippen molar-refractivity contribution in [2.45, 2.75) is 95.9 Å². The van der Waals surface area contributed by atoms with E-state index in [4.69, 9.17) is 5.11 Å². The molecule has 0 bridgehead atoms. The molecule has 0 fully saturated rings. The molecule has 0 aliphatic rings. The molecule has 0 aromatic rings. The van der Waals surface area contributed by atoms with Crippen molar-refractivity contribution < 1.29 is 25.2 Å². The van der Waals surface area contributed by atoms with Crippen LogP contribution in [-0.4, -0.2) is 44.7 Å². The first-order valence-electron chi connectivity index (χ1n) is 8.91. The van der Waals surface area contributed by atoms with Gasteiger partial charge in [0.25, 0.3) is 0 Å². The average molecular weight is 330 g/mol. The lowest BCUT2D eigenvalue weighted by Gasteiger charge is -2.15. The van der Waals surface area contributed by atoms with Gasteiger partial charge in [-0.05, 0) is 25.7 Å². The summed E-state index contributed by atoms with van der Waals surface area (Å²) in [6, 6.07) is 0. The van der Waals surface area contributed by atoms with Gasteiger partial charge < -0.3 is 20.4 Å². The van der Waals surface area contributed by atoms with Crippen LogP contribution in [0.2, 0.25) is 0 Å². The lowest BCUT2D eigenvalue weighted by molar-refractivity contribution is -0.137. The van der Waals surface area contributed by atoms with E-state index in [0.717, 1.165) is 12.8 Å². The molecule has 3 atom stereocenters. The Morgan fingerprint density at radius 2 is 1.48 bits per heavy atom. The molecule has 0 heterocycles. The number of carbonyl (C=O) groups is 1. The third-order valence-electron chi connectivity index (χ3n) is 3.92. The number of hydrogen-bond donors (Lipinski definition) is 4. The van der Waals surface area contributed by atoms with Crippen LogP contribution in [0, 0.1) is 0 Å². The average Bonchev–Trinajstić information content (AvgIpc) is 2.52. The molecule has 0 saturated carbocycles. The molecule has 23 heavy (non-hydrogen) atoms. The van der Waals surface area contributed by atoms with E-state index in [2.05, 4.69) is 6.92 Å². The quantitative estimate of drug-likeness (QED) is 0.273. The predicted molar refractivity (Wildman–Crippen MR) is 91.3 cm³/mol. The summed E-state index contributed by atoms with van der Waals surface area (Å²) in [4.78, 5) is 10.4. The number of unbranched alkanes of at least 4 members (excludes halogenated alkanes) is 6. The monoisotopic (exact) mass is 330 g/mol. The first-order valence-corrected chi connectivity index (χ1v) is 8.91. The Kier molecular flexibility index (Phi) is 14.1. The van der Waals surface area contributed by atoms with Crippen molar-refractivity contribution in [3.8, 4) is 0 Å². The van der Waals surface area contributed by atoms with Gasteiger partial charge in [0.15, 0.2) is 0 Å². The molecule has 0 aromatic carbocycles. The molecular weight excluding hydrogens is 296 g/mol. The number of rotatable bonds is 15. The maximum Gasteiger partial charge on any atom is 0.303 e. The second-order valence-corrected chi connectivity index (χ2v) is 6.21. The van der Waals surface area contributed by atoms with Crippen molar-refractivity contribution in [3.05, 3.63) is 12.2 Å². The van der Waals surface area contributed by atoms with E-state index in [1.807, 2.05) is 0 Å². The second-order valence-electron chi connectivity index (χ2n) is 6.21. The van der Waals surface area contributed by atoms with Gasteiger partial charge >= 0.3 is 5.97 Å². The van der Waals surface area contributed by atoms with Gasteiger partial charge in [-0.15, -0.1) is 0 Å². The Morgan fingerprint density at radius 3 is 2.13 bits per heavy atom. The fourth-order valence-corrected chi connectivity index (χ4v) is 2.40. The maximum absolute atomic E-state index is 10.4. The molecule has 0 amide bonds. The number of aliphatic hydroxyl groups excluding tert-OH is 3. The zero-order valence-corrected chi connectivity index (χ0v) is 14.4. The van der Waals surface area contributed by atoms with Gasteiger partial charge in [0.2, 0.25) is 0 Å². The Morgan fingerprint density at radius 1 is 0.870 bits per heavy atom.